The zero-order valence-corrected chi connectivity index (χ0v) is 13.6. The predicted molar refractivity (Wildman–Crippen MR) is 89.9 cm³/mol. The van der Waals surface area contributed by atoms with Gasteiger partial charge in [-0.1, -0.05) is 32.4 Å². The summed E-state index contributed by atoms with van der Waals surface area (Å²) in [5.74, 6) is -0.0219. The highest BCUT2D eigenvalue weighted by atomic mass is 32.1. The Balaban J connectivity index is 1.90. The van der Waals surface area contributed by atoms with Crippen LogP contribution in [0.25, 0.3) is 10.1 Å². The second-order valence-corrected chi connectivity index (χ2v) is 7.80. The lowest BCUT2D eigenvalue weighted by Gasteiger charge is -2.27. The SMILES string of the molecule is Cc1ccc2c(N)c(C(=O)NC3CCCC3(C)C)sc2c1. The van der Waals surface area contributed by atoms with Crippen LogP contribution in [0.3, 0.4) is 0 Å². The van der Waals surface area contributed by atoms with Gasteiger partial charge in [-0.25, -0.2) is 0 Å². The van der Waals surface area contributed by atoms with Crippen LogP contribution in [-0.2, 0) is 0 Å². The Kier molecular flexibility index (Phi) is 3.44. The molecule has 1 heterocycles. The zero-order chi connectivity index (χ0) is 15.2. The van der Waals surface area contributed by atoms with Crippen molar-refractivity contribution in [2.24, 2.45) is 5.41 Å². The number of nitrogen functional groups attached to an aromatic ring is 1. The number of anilines is 1. The molecule has 3 N–H and O–H groups in total. The first-order chi connectivity index (χ1) is 9.88. The summed E-state index contributed by atoms with van der Waals surface area (Å²) in [6, 6.07) is 6.38. The summed E-state index contributed by atoms with van der Waals surface area (Å²) < 4.78 is 1.09. The lowest BCUT2D eigenvalue weighted by molar-refractivity contribution is 0.0915. The van der Waals surface area contributed by atoms with Crippen molar-refractivity contribution in [1.82, 2.24) is 5.32 Å². The number of hydrogen-bond donors (Lipinski definition) is 2. The molecule has 112 valence electrons. The fraction of sp³-hybridized carbons (Fsp3) is 0.471. The van der Waals surface area contributed by atoms with Crippen molar-refractivity contribution in [3.63, 3.8) is 0 Å². The molecule has 2 aromatic rings. The van der Waals surface area contributed by atoms with E-state index in [0.29, 0.717) is 10.6 Å². The molecule has 1 aromatic heterocycles. The van der Waals surface area contributed by atoms with Crippen molar-refractivity contribution in [2.75, 3.05) is 5.73 Å². The number of rotatable bonds is 2. The third-order valence-corrected chi connectivity index (χ3v) is 5.82. The molecule has 1 fully saturated rings. The summed E-state index contributed by atoms with van der Waals surface area (Å²) in [5.41, 5.74) is 8.16. The standard InChI is InChI=1S/C17H22N2OS/c1-10-6-7-11-12(9-10)21-15(14(11)18)16(20)19-13-5-4-8-17(13,2)3/h6-7,9,13H,4-5,8,18H2,1-3H3,(H,19,20). The van der Waals surface area contributed by atoms with E-state index in [-0.39, 0.29) is 17.4 Å². The minimum Gasteiger partial charge on any atom is -0.397 e. The zero-order valence-electron chi connectivity index (χ0n) is 12.8. The quantitative estimate of drug-likeness (QED) is 0.877. The number of amides is 1. The minimum absolute atomic E-state index is 0.0219. The third-order valence-electron chi connectivity index (χ3n) is 4.65. The van der Waals surface area contributed by atoms with Gasteiger partial charge in [0.05, 0.1) is 5.69 Å². The molecule has 1 aliphatic carbocycles. The minimum atomic E-state index is -0.0219. The van der Waals surface area contributed by atoms with Gasteiger partial charge in [-0.3, -0.25) is 4.79 Å². The fourth-order valence-corrected chi connectivity index (χ4v) is 4.33. The van der Waals surface area contributed by atoms with Gasteiger partial charge >= 0.3 is 0 Å². The Bertz CT molecular complexity index is 702. The Labute approximate surface area is 129 Å². The maximum Gasteiger partial charge on any atom is 0.263 e. The fourth-order valence-electron chi connectivity index (χ4n) is 3.21. The summed E-state index contributed by atoms with van der Waals surface area (Å²) in [7, 11) is 0. The van der Waals surface area contributed by atoms with Crippen molar-refractivity contribution in [2.45, 2.75) is 46.1 Å². The van der Waals surface area contributed by atoms with E-state index in [0.717, 1.165) is 16.5 Å². The van der Waals surface area contributed by atoms with Gasteiger partial charge in [-0.15, -0.1) is 11.3 Å². The average molecular weight is 302 g/mol. The summed E-state index contributed by atoms with van der Waals surface area (Å²) in [4.78, 5) is 13.2. The maximum atomic E-state index is 12.6. The van der Waals surface area contributed by atoms with Crippen LogP contribution in [0.2, 0.25) is 0 Å². The summed E-state index contributed by atoms with van der Waals surface area (Å²) >= 11 is 1.49. The van der Waals surface area contributed by atoms with Gasteiger partial charge in [-0.05, 0) is 36.8 Å². The monoisotopic (exact) mass is 302 g/mol. The van der Waals surface area contributed by atoms with E-state index in [1.165, 1.54) is 29.7 Å². The predicted octanol–water partition coefficient (Wildman–Crippen LogP) is 4.10. The van der Waals surface area contributed by atoms with Crippen molar-refractivity contribution >= 4 is 33.0 Å². The number of benzene rings is 1. The van der Waals surface area contributed by atoms with Crippen LogP contribution in [0.5, 0.6) is 0 Å². The van der Waals surface area contributed by atoms with Gasteiger partial charge in [0.2, 0.25) is 0 Å². The Hall–Kier alpha value is -1.55. The van der Waals surface area contributed by atoms with Gasteiger partial charge in [-0.2, -0.15) is 0 Å². The molecule has 0 bridgehead atoms. The number of nitrogens with two attached hydrogens (primary N) is 1. The van der Waals surface area contributed by atoms with Gasteiger partial charge in [0.25, 0.3) is 5.91 Å². The van der Waals surface area contributed by atoms with E-state index >= 15 is 0 Å². The largest absolute Gasteiger partial charge is 0.397 e. The first-order valence-electron chi connectivity index (χ1n) is 7.48. The molecule has 0 radical (unpaired) electrons. The molecular formula is C17H22N2OS. The van der Waals surface area contributed by atoms with Gasteiger partial charge < -0.3 is 11.1 Å². The Morgan fingerprint density at radius 1 is 1.43 bits per heavy atom. The van der Waals surface area contributed by atoms with Gasteiger partial charge in [0, 0.05) is 16.1 Å². The molecule has 0 saturated heterocycles. The lowest BCUT2D eigenvalue weighted by Crippen LogP contribution is -2.41. The molecule has 0 spiro atoms. The average Bonchev–Trinajstić information content (AvgIpc) is 2.90. The van der Waals surface area contributed by atoms with E-state index in [1.54, 1.807) is 0 Å². The second kappa shape index (κ2) is 5.02. The van der Waals surface area contributed by atoms with E-state index in [1.807, 2.05) is 12.1 Å². The van der Waals surface area contributed by atoms with Crippen LogP contribution >= 0.6 is 11.3 Å². The van der Waals surface area contributed by atoms with Gasteiger partial charge in [0.15, 0.2) is 0 Å². The van der Waals surface area contributed by atoms with Gasteiger partial charge in [0.1, 0.15) is 4.88 Å². The molecule has 1 unspecified atom stereocenters. The van der Waals surface area contributed by atoms with Crippen molar-refractivity contribution in [3.05, 3.63) is 28.6 Å². The summed E-state index contributed by atoms with van der Waals surface area (Å²) in [6.45, 7) is 6.50. The molecule has 1 atom stereocenters. The summed E-state index contributed by atoms with van der Waals surface area (Å²) in [5, 5.41) is 4.18. The number of carbonyl (C=O) groups excluding carboxylic acids is 1. The Morgan fingerprint density at radius 3 is 2.86 bits per heavy atom. The first-order valence-corrected chi connectivity index (χ1v) is 8.29. The second-order valence-electron chi connectivity index (χ2n) is 6.75. The van der Waals surface area contributed by atoms with E-state index in [2.05, 4.69) is 32.2 Å². The van der Waals surface area contributed by atoms with E-state index in [4.69, 9.17) is 5.73 Å². The van der Waals surface area contributed by atoms with Crippen LogP contribution in [0.4, 0.5) is 5.69 Å². The van der Waals surface area contributed by atoms with Crippen molar-refractivity contribution < 1.29 is 4.79 Å². The molecule has 4 heteroatoms. The molecule has 1 amide bonds. The highest BCUT2D eigenvalue weighted by molar-refractivity contribution is 7.21. The Morgan fingerprint density at radius 2 is 2.19 bits per heavy atom. The number of hydrogen-bond acceptors (Lipinski definition) is 3. The van der Waals surface area contributed by atoms with Crippen LogP contribution in [-0.4, -0.2) is 11.9 Å². The van der Waals surface area contributed by atoms with Crippen LogP contribution in [0.15, 0.2) is 18.2 Å². The van der Waals surface area contributed by atoms with Crippen LogP contribution < -0.4 is 11.1 Å². The number of nitrogens with one attached hydrogen (secondary N) is 1. The molecule has 21 heavy (non-hydrogen) atoms. The molecular weight excluding hydrogens is 280 g/mol. The first kappa shape index (κ1) is 14.4. The van der Waals surface area contributed by atoms with Crippen molar-refractivity contribution in [1.29, 1.82) is 0 Å². The smallest absolute Gasteiger partial charge is 0.263 e. The molecule has 0 aliphatic heterocycles. The lowest BCUT2D eigenvalue weighted by atomic mass is 9.87. The molecule has 3 rings (SSSR count). The maximum absolute atomic E-state index is 12.6. The highest BCUT2D eigenvalue weighted by Crippen LogP contribution is 2.38. The molecule has 1 aromatic carbocycles. The third kappa shape index (κ3) is 2.53. The van der Waals surface area contributed by atoms with E-state index in [9.17, 15) is 4.79 Å². The van der Waals surface area contributed by atoms with Crippen LogP contribution in [0.1, 0.15) is 48.3 Å². The normalized spacial score (nSPS) is 20.8. The topological polar surface area (TPSA) is 55.1 Å². The number of carbonyl (C=O) groups is 1. The number of thiophene rings is 1. The summed E-state index contributed by atoms with van der Waals surface area (Å²) in [6.07, 6.45) is 3.40. The van der Waals surface area contributed by atoms with E-state index < -0.39 is 0 Å². The molecule has 1 saturated carbocycles. The van der Waals surface area contributed by atoms with Crippen LogP contribution in [0, 0.1) is 12.3 Å². The number of fused-ring (bicyclic) bond motifs is 1. The molecule has 3 nitrogen and oxygen atoms in total. The number of aryl methyl sites for hydroxylation is 1. The highest BCUT2D eigenvalue weighted by Gasteiger charge is 2.36. The van der Waals surface area contributed by atoms with Crippen molar-refractivity contribution in [3.8, 4) is 0 Å². The molecule has 1 aliphatic rings.